The summed E-state index contributed by atoms with van der Waals surface area (Å²) in [7, 11) is 0. The Bertz CT molecular complexity index is 150. The Morgan fingerprint density at radius 3 is 1.64 bits per heavy atom. The second-order valence-corrected chi connectivity index (χ2v) is 2.26. The van der Waals surface area contributed by atoms with E-state index in [4.69, 9.17) is 17.6 Å². The van der Waals surface area contributed by atoms with E-state index < -0.39 is 0 Å². The Hall–Kier alpha value is -0.920. The molecule has 0 aliphatic rings. The molecule has 0 N–H and O–H groups in total. The van der Waals surface area contributed by atoms with Crippen molar-refractivity contribution in [2.75, 3.05) is 0 Å². The molecule has 0 bridgehead atoms. The van der Waals surface area contributed by atoms with E-state index >= 15 is 0 Å². The standard InChI is InChI=1S/C10H14O/c1-5-9(6-2)11-10(7-3)8-4/h1,3,9-10H,6,8H2,2,4H3. The van der Waals surface area contributed by atoms with Crippen molar-refractivity contribution in [3.8, 4) is 24.7 Å². The van der Waals surface area contributed by atoms with Gasteiger partial charge in [0.2, 0.25) is 0 Å². The molecule has 0 aromatic heterocycles. The molecule has 0 saturated carbocycles. The Kier molecular flexibility index (Phi) is 5.35. The van der Waals surface area contributed by atoms with E-state index in [0.29, 0.717) is 0 Å². The molecule has 0 heterocycles. The lowest BCUT2D eigenvalue weighted by Gasteiger charge is -2.14. The smallest absolute Gasteiger partial charge is 0.119 e. The SMILES string of the molecule is C#CC(CC)OC(C#C)CC. The summed E-state index contributed by atoms with van der Waals surface area (Å²) in [5.74, 6) is 5.07. The molecule has 0 aromatic rings. The first-order valence-electron chi connectivity index (χ1n) is 3.86. The molecule has 0 aliphatic carbocycles. The first kappa shape index (κ1) is 10.1. The van der Waals surface area contributed by atoms with Crippen molar-refractivity contribution in [3.63, 3.8) is 0 Å². The zero-order valence-electron chi connectivity index (χ0n) is 7.13. The molecular formula is C10H14O. The summed E-state index contributed by atoms with van der Waals surface area (Å²) in [5, 5.41) is 0. The second kappa shape index (κ2) is 5.83. The van der Waals surface area contributed by atoms with Gasteiger partial charge in [-0.1, -0.05) is 25.7 Å². The lowest BCUT2D eigenvalue weighted by Crippen LogP contribution is -2.18. The summed E-state index contributed by atoms with van der Waals surface area (Å²) < 4.78 is 5.38. The number of terminal acetylenes is 2. The highest BCUT2D eigenvalue weighted by Gasteiger charge is 2.07. The molecule has 0 aliphatic heterocycles. The summed E-state index contributed by atoms with van der Waals surface area (Å²) in [5.41, 5.74) is 0. The molecule has 0 radical (unpaired) electrons. The van der Waals surface area contributed by atoms with Crippen molar-refractivity contribution in [3.05, 3.63) is 0 Å². The lowest BCUT2D eigenvalue weighted by atomic mass is 10.2. The van der Waals surface area contributed by atoms with Crippen LogP contribution in [0, 0.1) is 24.7 Å². The van der Waals surface area contributed by atoms with Crippen LogP contribution in [-0.2, 0) is 4.74 Å². The van der Waals surface area contributed by atoms with Gasteiger partial charge in [-0.15, -0.1) is 12.8 Å². The first-order valence-corrected chi connectivity index (χ1v) is 3.86. The van der Waals surface area contributed by atoms with Gasteiger partial charge in [-0.3, -0.25) is 0 Å². The molecule has 60 valence electrons. The normalized spacial score (nSPS) is 14.5. The third-order valence-corrected chi connectivity index (χ3v) is 1.44. The molecule has 11 heavy (non-hydrogen) atoms. The average Bonchev–Trinajstić information content (AvgIpc) is 2.07. The molecule has 0 saturated heterocycles. The fourth-order valence-corrected chi connectivity index (χ4v) is 0.705. The molecule has 0 rings (SSSR count). The van der Waals surface area contributed by atoms with E-state index in [1.54, 1.807) is 0 Å². The summed E-state index contributed by atoms with van der Waals surface area (Å²) in [6.45, 7) is 3.96. The van der Waals surface area contributed by atoms with Gasteiger partial charge in [0, 0.05) is 0 Å². The summed E-state index contributed by atoms with van der Waals surface area (Å²) in [4.78, 5) is 0. The molecule has 1 nitrogen and oxygen atoms in total. The van der Waals surface area contributed by atoms with Crippen LogP contribution < -0.4 is 0 Å². The average molecular weight is 150 g/mol. The van der Waals surface area contributed by atoms with E-state index in [9.17, 15) is 0 Å². The van der Waals surface area contributed by atoms with Crippen LogP contribution in [0.15, 0.2) is 0 Å². The minimum Gasteiger partial charge on any atom is -0.350 e. The molecule has 2 unspecified atom stereocenters. The second-order valence-electron chi connectivity index (χ2n) is 2.26. The highest BCUT2D eigenvalue weighted by atomic mass is 16.5. The van der Waals surface area contributed by atoms with Crippen LogP contribution in [0.2, 0.25) is 0 Å². The quantitative estimate of drug-likeness (QED) is 0.555. The van der Waals surface area contributed by atoms with Crippen molar-refractivity contribution < 1.29 is 4.74 Å². The van der Waals surface area contributed by atoms with Crippen LogP contribution in [-0.4, -0.2) is 12.2 Å². The Morgan fingerprint density at radius 2 is 1.45 bits per heavy atom. The van der Waals surface area contributed by atoms with E-state index in [0.717, 1.165) is 12.8 Å². The minimum absolute atomic E-state index is 0.129. The summed E-state index contributed by atoms with van der Waals surface area (Å²) in [6.07, 6.45) is 11.8. The molecule has 0 fully saturated rings. The predicted molar refractivity (Wildman–Crippen MR) is 46.9 cm³/mol. The zero-order valence-corrected chi connectivity index (χ0v) is 7.13. The number of hydrogen-bond donors (Lipinski definition) is 0. The van der Waals surface area contributed by atoms with Crippen LogP contribution >= 0.6 is 0 Å². The fourth-order valence-electron chi connectivity index (χ4n) is 0.705. The first-order chi connectivity index (χ1) is 5.28. The van der Waals surface area contributed by atoms with Crippen molar-refractivity contribution in [1.29, 1.82) is 0 Å². The molecular weight excluding hydrogens is 136 g/mol. The highest BCUT2D eigenvalue weighted by molar-refractivity contribution is 4.99. The van der Waals surface area contributed by atoms with Crippen LogP contribution in [0.4, 0.5) is 0 Å². The van der Waals surface area contributed by atoms with Gasteiger partial charge in [0.15, 0.2) is 0 Å². The van der Waals surface area contributed by atoms with E-state index in [1.165, 1.54) is 0 Å². The van der Waals surface area contributed by atoms with Gasteiger partial charge in [0.25, 0.3) is 0 Å². The van der Waals surface area contributed by atoms with E-state index in [1.807, 2.05) is 13.8 Å². The van der Waals surface area contributed by atoms with Gasteiger partial charge < -0.3 is 4.74 Å². The minimum atomic E-state index is -0.129. The predicted octanol–water partition coefficient (Wildman–Crippen LogP) is 1.83. The van der Waals surface area contributed by atoms with Crippen LogP contribution in [0.1, 0.15) is 26.7 Å². The Labute approximate surface area is 69.1 Å². The Balaban J connectivity index is 3.82. The maximum absolute atomic E-state index is 5.38. The van der Waals surface area contributed by atoms with Crippen molar-refractivity contribution >= 4 is 0 Å². The third kappa shape index (κ3) is 3.71. The zero-order chi connectivity index (χ0) is 8.69. The fraction of sp³-hybridized carbons (Fsp3) is 0.600. The maximum atomic E-state index is 5.38. The molecule has 2 atom stereocenters. The van der Waals surface area contributed by atoms with Gasteiger partial charge in [0.05, 0.1) is 0 Å². The number of hydrogen-bond acceptors (Lipinski definition) is 1. The van der Waals surface area contributed by atoms with Gasteiger partial charge in [-0.05, 0) is 12.8 Å². The lowest BCUT2D eigenvalue weighted by molar-refractivity contribution is 0.0487. The number of ether oxygens (including phenoxy) is 1. The molecule has 1 heteroatoms. The van der Waals surface area contributed by atoms with Crippen molar-refractivity contribution in [1.82, 2.24) is 0 Å². The monoisotopic (exact) mass is 150 g/mol. The molecule has 0 spiro atoms. The Morgan fingerprint density at radius 1 is 1.09 bits per heavy atom. The van der Waals surface area contributed by atoms with Crippen LogP contribution in [0.3, 0.4) is 0 Å². The van der Waals surface area contributed by atoms with Crippen molar-refractivity contribution in [2.24, 2.45) is 0 Å². The van der Waals surface area contributed by atoms with Gasteiger partial charge in [0.1, 0.15) is 12.2 Å². The maximum Gasteiger partial charge on any atom is 0.119 e. The largest absolute Gasteiger partial charge is 0.350 e. The number of rotatable bonds is 4. The molecule has 0 aromatic carbocycles. The van der Waals surface area contributed by atoms with Gasteiger partial charge in [-0.25, -0.2) is 0 Å². The molecule has 0 amide bonds. The van der Waals surface area contributed by atoms with Crippen molar-refractivity contribution in [2.45, 2.75) is 38.9 Å². The van der Waals surface area contributed by atoms with Gasteiger partial charge >= 0.3 is 0 Å². The third-order valence-electron chi connectivity index (χ3n) is 1.44. The van der Waals surface area contributed by atoms with E-state index in [-0.39, 0.29) is 12.2 Å². The van der Waals surface area contributed by atoms with E-state index in [2.05, 4.69) is 11.8 Å². The topological polar surface area (TPSA) is 9.23 Å². The highest BCUT2D eigenvalue weighted by Crippen LogP contribution is 2.03. The van der Waals surface area contributed by atoms with Crippen LogP contribution in [0.5, 0.6) is 0 Å². The van der Waals surface area contributed by atoms with Gasteiger partial charge in [-0.2, -0.15) is 0 Å². The summed E-state index contributed by atoms with van der Waals surface area (Å²) >= 11 is 0. The van der Waals surface area contributed by atoms with Crippen LogP contribution in [0.25, 0.3) is 0 Å². The summed E-state index contributed by atoms with van der Waals surface area (Å²) in [6, 6.07) is 0.